The Kier molecular flexibility index (Phi) is 4.27. The zero-order valence-corrected chi connectivity index (χ0v) is 12.4. The lowest BCUT2D eigenvalue weighted by molar-refractivity contribution is 0.466. The number of anilines is 1. The maximum absolute atomic E-state index is 12.5. The fourth-order valence-corrected chi connectivity index (χ4v) is 3.38. The summed E-state index contributed by atoms with van der Waals surface area (Å²) in [4.78, 5) is 3.96. The topological polar surface area (TPSA) is 76.3 Å². The number of aromatic nitrogens is 1. The first-order valence-electron chi connectivity index (χ1n) is 5.81. The van der Waals surface area contributed by atoms with Crippen LogP contribution in [0.15, 0.2) is 47.6 Å². The van der Waals surface area contributed by atoms with Gasteiger partial charge in [0, 0.05) is 31.7 Å². The van der Waals surface area contributed by atoms with Crippen LogP contribution in [0.4, 0.5) is 5.69 Å². The van der Waals surface area contributed by atoms with Crippen LogP contribution in [0.1, 0.15) is 5.56 Å². The van der Waals surface area contributed by atoms with Gasteiger partial charge < -0.3 is 5.73 Å². The van der Waals surface area contributed by atoms with Crippen molar-refractivity contribution < 1.29 is 8.42 Å². The molecule has 0 atom stereocenters. The Bertz CT molecular complexity index is 705. The maximum atomic E-state index is 12.5. The Morgan fingerprint density at radius 2 is 2.10 bits per heavy atom. The van der Waals surface area contributed by atoms with Crippen molar-refractivity contribution in [3.63, 3.8) is 0 Å². The lowest BCUT2D eigenvalue weighted by Crippen LogP contribution is -2.26. The maximum Gasteiger partial charge on any atom is 0.244 e. The van der Waals surface area contributed by atoms with Gasteiger partial charge >= 0.3 is 0 Å². The standard InChI is InChI=1S/C13H14ClN3O2S/c1-17(9-10-3-2-6-16-8-10)20(18,19)13-7-11(15)4-5-12(13)14/h2-8H,9,15H2,1H3. The Morgan fingerprint density at radius 3 is 2.75 bits per heavy atom. The van der Waals surface area contributed by atoms with Crippen LogP contribution >= 0.6 is 11.6 Å². The Hall–Kier alpha value is -1.63. The third-order valence-corrected chi connectivity index (χ3v) is 5.06. The van der Waals surface area contributed by atoms with Gasteiger partial charge in [-0.1, -0.05) is 17.7 Å². The molecule has 0 aliphatic heterocycles. The van der Waals surface area contributed by atoms with E-state index in [1.165, 1.54) is 23.5 Å². The van der Waals surface area contributed by atoms with Gasteiger partial charge in [-0.05, 0) is 29.8 Å². The number of sulfonamides is 1. The quantitative estimate of drug-likeness (QED) is 0.878. The highest BCUT2D eigenvalue weighted by atomic mass is 35.5. The van der Waals surface area contributed by atoms with Crippen molar-refractivity contribution in [1.82, 2.24) is 9.29 Å². The number of nitrogens with zero attached hydrogens (tertiary/aromatic N) is 2. The van der Waals surface area contributed by atoms with Gasteiger partial charge in [-0.15, -0.1) is 0 Å². The van der Waals surface area contributed by atoms with Crippen molar-refractivity contribution in [2.24, 2.45) is 0 Å². The average molecular weight is 312 g/mol. The number of pyridine rings is 1. The van der Waals surface area contributed by atoms with E-state index in [0.717, 1.165) is 5.56 Å². The Morgan fingerprint density at radius 1 is 1.35 bits per heavy atom. The summed E-state index contributed by atoms with van der Waals surface area (Å²) in [5, 5.41) is 0.150. The third-order valence-electron chi connectivity index (χ3n) is 2.77. The van der Waals surface area contributed by atoms with Gasteiger partial charge in [0.15, 0.2) is 0 Å². The lowest BCUT2D eigenvalue weighted by Gasteiger charge is -2.18. The second kappa shape index (κ2) is 5.78. The van der Waals surface area contributed by atoms with Crippen molar-refractivity contribution in [3.8, 4) is 0 Å². The van der Waals surface area contributed by atoms with Crippen molar-refractivity contribution in [2.45, 2.75) is 11.4 Å². The van der Waals surface area contributed by atoms with Gasteiger partial charge in [-0.25, -0.2) is 8.42 Å². The summed E-state index contributed by atoms with van der Waals surface area (Å²) in [6, 6.07) is 7.95. The number of rotatable bonds is 4. The summed E-state index contributed by atoms with van der Waals surface area (Å²) in [6.07, 6.45) is 3.25. The zero-order valence-electron chi connectivity index (χ0n) is 10.8. The van der Waals surface area contributed by atoms with E-state index < -0.39 is 10.0 Å². The molecule has 0 bridgehead atoms. The molecule has 1 aromatic carbocycles. The lowest BCUT2D eigenvalue weighted by atomic mass is 10.3. The van der Waals surface area contributed by atoms with E-state index in [9.17, 15) is 8.42 Å². The molecule has 0 spiro atoms. The zero-order chi connectivity index (χ0) is 14.8. The summed E-state index contributed by atoms with van der Waals surface area (Å²) in [6.45, 7) is 0.210. The van der Waals surface area contributed by atoms with E-state index >= 15 is 0 Å². The highest BCUT2D eigenvalue weighted by Gasteiger charge is 2.24. The molecule has 7 heteroatoms. The molecular weight excluding hydrogens is 298 g/mol. The molecule has 0 radical (unpaired) electrons. The van der Waals surface area contributed by atoms with Crippen LogP contribution in [0.3, 0.4) is 0 Å². The molecular formula is C13H14ClN3O2S. The van der Waals surface area contributed by atoms with Crippen LogP contribution < -0.4 is 5.73 Å². The van der Waals surface area contributed by atoms with E-state index in [0.29, 0.717) is 5.69 Å². The Balaban J connectivity index is 2.32. The number of nitrogens with two attached hydrogens (primary N) is 1. The van der Waals surface area contributed by atoms with Crippen molar-refractivity contribution in [1.29, 1.82) is 0 Å². The summed E-state index contributed by atoms with van der Waals surface area (Å²) >= 11 is 5.95. The molecule has 106 valence electrons. The van der Waals surface area contributed by atoms with Crippen LogP contribution in [-0.2, 0) is 16.6 Å². The molecule has 0 saturated carbocycles. The smallest absolute Gasteiger partial charge is 0.244 e. The van der Waals surface area contributed by atoms with Gasteiger partial charge in [-0.3, -0.25) is 4.98 Å². The summed E-state index contributed by atoms with van der Waals surface area (Å²) in [5.41, 5.74) is 6.77. The fourth-order valence-electron chi connectivity index (χ4n) is 1.72. The molecule has 5 nitrogen and oxygen atoms in total. The fraction of sp³-hybridized carbons (Fsp3) is 0.154. The van der Waals surface area contributed by atoms with E-state index in [-0.39, 0.29) is 16.5 Å². The van der Waals surface area contributed by atoms with Crippen LogP contribution in [0.25, 0.3) is 0 Å². The second-order valence-corrected chi connectivity index (χ2v) is 6.73. The van der Waals surface area contributed by atoms with Crippen LogP contribution in [-0.4, -0.2) is 24.8 Å². The first kappa shape index (κ1) is 14.8. The highest BCUT2D eigenvalue weighted by molar-refractivity contribution is 7.89. The molecule has 0 aliphatic carbocycles. The van der Waals surface area contributed by atoms with Gasteiger partial charge in [0.1, 0.15) is 4.90 Å². The second-order valence-electron chi connectivity index (χ2n) is 4.31. The van der Waals surface area contributed by atoms with Crippen molar-refractivity contribution in [2.75, 3.05) is 12.8 Å². The summed E-state index contributed by atoms with van der Waals surface area (Å²) < 4.78 is 26.2. The number of nitrogen functional groups attached to an aromatic ring is 1. The Labute approximate surface area is 123 Å². The number of hydrogen-bond acceptors (Lipinski definition) is 4. The van der Waals surface area contributed by atoms with E-state index in [2.05, 4.69) is 4.98 Å². The van der Waals surface area contributed by atoms with E-state index in [4.69, 9.17) is 17.3 Å². The SMILES string of the molecule is CN(Cc1cccnc1)S(=O)(=O)c1cc(N)ccc1Cl. The van der Waals surface area contributed by atoms with Crippen LogP contribution in [0.5, 0.6) is 0 Å². The molecule has 1 heterocycles. The highest BCUT2D eigenvalue weighted by Crippen LogP contribution is 2.26. The normalized spacial score (nSPS) is 11.8. The predicted molar refractivity (Wildman–Crippen MR) is 78.8 cm³/mol. The molecule has 1 aromatic heterocycles. The molecule has 0 saturated heterocycles. The van der Waals surface area contributed by atoms with Gasteiger partial charge in [0.05, 0.1) is 5.02 Å². The minimum atomic E-state index is -3.70. The first-order valence-corrected chi connectivity index (χ1v) is 7.63. The summed E-state index contributed by atoms with van der Waals surface area (Å²) in [7, 11) is -2.21. The van der Waals surface area contributed by atoms with Gasteiger partial charge in [0.2, 0.25) is 10.0 Å². The number of benzene rings is 1. The monoisotopic (exact) mass is 311 g/mol. The molecule has 20 heavy (non-hydrogen) atoms. The molecule has 2 aromatic rings. The van der Waals surface area contributed by atoms with E-state index in [1.54, 1.807) is 30.6 Å². The molecule has 2 rings (SSSR count). The summed E-state index contributed by atoms with van der Waals surface area (Å²) in [5.74, 6) is 0. The molecule has 0 amide bonds. The molecule has 0 aliphatic rings. The van der Waals surface area contributed by atoms with Crippen LogP contribution in [0, 0.1) is 0 Å². The molecule has 2 N–H and O–H groups in total. The van der Waals surface area contributed by atoms with E-state index in [1.807, 2.05) is 0 Å². The third kappa shape index (κ3) is 3.09. The molecule has 0 unspecified atom stereocenters. The number of halogens is 1. The predicted octanol–water partition coefficient (Wildman–Crippen LogP) is 2.14. The van der Waals surface area contributed by atoms with Crippen molar-refractivity contribution >= 4 is 27.3 Å². The first-order chi connectivity index (χ1) is 9.41. The molecule has 0 fully saturated rings. The number of hydrogen-bond donors (Lipinski definition) is 1. The van der Waals surface area contributed by atoms with Gasteiger partial charge in [-0.2, -0.15) is 4.31 Å². The average Bonchev–Trinajstić information content (AvgIpc) is 2.42. The van der Waals surface area contributed by atoms with Crippen LogP contribution in [0.2, 0.25) is 5.02 Å². The van der Waals surface area contributed by atoms with Crippen molar-refractivity contribution in [3.05, 3.63) is 53.3 Å². The largest absolute Gasteiger partial charge is 0.399 e. The minimum Gasteiger partial charge on any atom is -0.399 e. The van der Waals surface area contributed by atoms with Gasteiger partial charge in [0.25, 0.3) is 0 Å². The minimum absolute atomic E-state index is 0.00515.